The minimum absolute atomic E-state index is 0.110. The Bertz CT molecular complexity index is 907. The molecule has 4 saturated carbocycles. The highest BCUT2D eigenvalue weighted by Gasteiger charge is 2.69. The van der Waals surface area contributed by atoms with Gasteiger partial charge in [0.1, 0.15) is 0 Å². The molecule has 192 valence electrons. The normalized spacial score (nSPS) is 54.1. The van der Waals surface area contributed by atoms with Gasteiger partial charge in [0.2, 0.25) is 0 Å². The van der Waals surface area contributed by atoms with E-state index in [0.29, 0.717) is 17.8 Å². The van der Waals surface area contributed by atoms with Crippen LogP contribution in [0.4, 0.5) is 0 Å². The Balaban J connectivity index is 1.59. The monoisotopic (exact) mass is 472 g/mol. The second kappa shape index (κ2) is 7.34. The van der Waals surface area contributed by atoms with E-state index in [1.807, 2.05) is 6.92 Å². The molecule has 0 amide bonds. The van der Waals surface area contributed by atoms with Crippen molar-refractivity contribution in [2.75, 3.05) is 6.61 Å². The molecule has 0 saturated heterocycles. The maximum atomic E-state index is 12.2. The van der Waals surface area contributed by atoms with Crippen molar-refractivity contribution in [1.29, 1.82) is 0 Å². The molecular formula is C30H48O4. The van der Waals surface area contributed by atoms with Gasteiger partial charge in [0.15, 0.2) is 0 Å². The van der Waals surface area contributed by atoms with E-state index in [1.165, 1.54) is 12.0 Å². The first-order chi connectivity index (χ1) is 15.7. The molecular weight excluding hydrogens is 424 g/mol. The van der Waals surface area contributed by atoms with Gasteiger partial charge in [-0.3, -0.25) is 4.79 Å². The zero-order valence-electron chi connectivity index (χ0n) is 22.4. The fourth-order valence-electron chi connectivity index (χ4n) is 10.6. The molecule has 0 bridgehead atoms. The smallest absolute Gasteiger partial charge is 0.313 e. The van der Waals surface area contributed by atoms with Gasteiger partial charge in [-0.1, -0.05) is 46.3 Å². The van der Waals surface area contributed by atoms with Crippen LogP contribution in [0.5, 0.6) is 0 Å². The summed E-state index contributed by atoms with van der Waals surface area (Å²) in [7, 11) is 0. The lowest BCUT2D eigenvalue weighted by Gasteiger charge is -2.72. The molecule has 0 spiro atoms. The second-order valence-corrected chi connectivity index (χ2v) is 14.8. The highest BCUT2D eigenvalue weighted by atomic mass is 16.4. The number of aliphatic hydroxyl groups excluding tert-OH is 2. The number of carbonyl (C=O) groups is 1. The lowest BCUT2D eigenvalue weighted by atomic mass is 9.32. The first kappa shape index (κ1) is 24.8. The summed E-state index contributed by atoms with van der Waals surface area (Å²) in [5, 5.41) is 32.0. The van der Waals surface area contributed by atoms with E-state index >= 15 is 0 Å². The second-order valence-electron chi connectivity index (χ2n) is 14.8. The number of allylic oxidation sites excluding steroid dienone is 1. The Morgan fingerprint density at radius 3 is 2.18 bits per heavy atom. The molecule has 0 aromatic rings. The molecule has 4 heteroatoms. The van der Waals surface area contributed by atoms with Gasteiger partial charge in [0, 0.05) is 12.0 Å². The van der Waals surface area contributed by atoms with Crippen LogP contribution < -0.4 is 0 Å². The maximum absolute atomic E-state index is 12.2. The molecule has 5 aliphatic rings. The summed E-state index contributed by atoms with van der Waals surface area (Å²) < 4.78 is 0. The van der Waals surface area contributed by atoms with Crippen molar-refractivity contribution < 1.29 is 20.1 Å². The van der Waals surface area contributed by atoms with Crippen LogP contribution >= 0.6 is 0 Å². The largest absolute Gasteiger partial charge is 0.481 e. The summed E-state index contributed by atoms with van der Waals surface area (Å²) in [5.74, 6) is 0.555. The minimum Gasteiger partial charge on any atom is -0.481 e. The first-order valence-electron chi connectivity index (χ1n) is 14.0. The number of rotatable bonds is 2. The summed E-state index contributed by atoms with van der Waals surface area (Å²) in [6, 6.07) is 0. The average molecular weight is 473 g/mol. The van der Waals surface area contributed by atoms with E-state index in [0.717, 1.165) is 57.8 Å². The van der Waals surface area contributed by atoms with E-state index in [4.69, 9.17) is 0 Å². The Kier molecular flexibility index (Phi) is 5.36. The number of fused-ring (bicyclic) bond motifs is 7. The number of hydrogen-bond donors (Lipinski definition) is 3. The van der Waals surface area contributed by atoms with E-state index in [1.54, 1.807) is 0 Å². The van der Waals surface area contributed by atoms with Gasteiger partial charge >= 0.3 is 5.97 Å². The van der Waals surface area contributed by atoms with Gasteiger partial charge in [-0.15, -0.1) is 0 Å². The Morgan fingerprint density at radius 1 is 0.853 bits per heavy atom. The minimum atomic E-state index is -0.752. The van der Waals surface area contributed by atoms with Crippen molar-refractivity contribution in [2.24, 2.45) is 50.2 Å². The van der Waals surface area contributed by atoms with Gasteiger partial charge in [-0.25, -0.2) is 0 Å². The predicted octanol–water partition coefficient (Wildman–Crippen LogP) is 6.21. The molecule has 5 rings (SSSR count). The van der Waals surface area contributed by atoms with Crippen LogP contribution in [0.1, 0.15) is 106 Å². The van der Waals surface area contributed by atoms with Gasteiger partial charge in [0.25, 0.3) is 0 Å². The predicted molar refractivity (Wildman–Crippen MR) is 134 cm³/mol. The summed E-state index contributed by atoms with van der Waals surface area (Å²) in [6.07, 6.45) is 12.1. The highest BCUT2D eigenvalue weighted by Crippen LogP contribution is 2.76. The third-order valence-corrected chi connectivity index (χ3v) is 13.3. The van der Waals surface area contributed by atoms with Crippen LogP contribution in [-0.4, -0.2) is 34.0 Å². The molecule has 3 N–H and O–H groups in total. The van der Waals surface area contributed by atoms with E-state index in [9.17, 15) is 20.1 Å². The summed E-state index contributed by atoms with van der Waals surface area (Å²) in [4.78, 5) is 12.2. The Hall–Kier alpha value is -0.870. The van der Waals surface area contributed by atoms with Gasteiger partial charge in [0.05, 0.1) is 11.5 Å². The van der Waals surface area contributed by atoms with Gasteiger partial charge in [-0.05, 0) is 111 Å². The highest BCUT2D eigenvalue weighted by molar-refractivity contribution is 5.77. The van der Waals surface area contributed by atoms with Crippen molar-refractivity contribution >= 4 is 5.97 Å². The van der Waals surface area contributed by atoms with Crippen molar-refractivity contribution in [1.82, 2.24) is 0 Å². The van der Waals surface area contributed by atoms with E-state index in [2.05, 4.69) is 40.7 Å². The van der Waals surface area contributed by atoms with E-state index < -0.39 is 11.4 Å². The molecule has 0 aliphatic heterocycles. The van der Waals surface area contributed by atoms with Crippen molar-refractivity contribution in [2.45, 2.75) is 112 Å². The Labute approximate surface area is 206 Å². The van der Waals surface area contributed by atoms with Crippen LogP contribution in [0.2, 0.25) is 0 Å². The molecule has 0 aromatic carbocycles. The van der Waals surface area contributed by atoms with Crippen molar-refractivity contribution in [3.8, 4) is 0 Å². The number of hydrogen-bond acceptors (Lipinski definition) is 3. The van der Waals surface area contributed by atoms with Gasteiger partial charge < -0.3 is 15.3 Å². The molecule has 0 aromatic heterocycles. The quantitative estimate of drug-likeness (QED) is 0.418. The fourth-order valence-corrected chi connectivity index (χ4v) is 10.6. The van der Waals surface area contributed by atoms with Crippen LogP contribution in [0, 0.1) is 50.2 Å². The lowest BCUT2D eigenvalue weighted by Crippen LogP contribution is -2.67. The van der Waals surface area contributed by atoms with Crippen LogP contribution in [0.3, 0.4) is 0 Å². The third-order valence-electron chi connectivity index (χ3n) is 13.3. The zero-order valence-corrected chi connectivity index (χ0v) is 22.4. The number of aliphatic hydroxyl groups is 2. The molecule has 34 heavy (non-hydrogen) atoms. The van der Waals surface area contributed by atoms with E-state index in [-0.39, 0.29) is 39.8 Å². The SMILES string of the molecule is CC1(C)[C@H]2CC[C@]3(C)[C@@H](CC[C@@H]4C5=C[C@@](C)(C(=O)O)CC[C@]5(C)CC[C@]43C)[C@@]2(CO)CC[C@@H]1O. The third kappa shape index (κ3) is 2.88. The summed E-state index contributed by atoms with van der Waals surface area (Å²) in [5.41, 5.74) is 0.778. The van der Waals surface area contributed by atoms with Crippen LogP contribution in [0.25, 0.3) is 0 Å². The summed E-state index contributed by atoms with van der Waals surface area (Å²) in [6.45, 7) is 14.0. The molecule has 4 nitrogen and oxygen atoms in total. The standard InChI is InChI=1S/C30H48O4/c1-25(2)21-9-11-29(6)22(30(21,18-31)12-10-23(25)32)8-7-19-20-17-27(4,24(33)34)14-13-26(20,3)15-16-28(19,29)5/h17,19,21-23,31-32H,7-16,18H2,1-6H3,(H,33,34)/t19-,21-,22-,23+,26-,27+,28-,29-,30-/m1/s1. The number of carboxylic acids is 1. The molecule has 0 unspecified atom stereocenters. The van der Waals surface area contributed by atoms with Crippen molar-refractivity contribution in [3.63, 3.8) is 0 Å². The molecule has 0 radical (unpaired) electrons. The fraction of sp³-hybridized carbons (Fsp3) is 0.900. The number of carboxylic acid groups (broad SMARTS) is 1. The maximum Gasteiger partial charge on any atom is 0.313 e. The molecule has 4 fully saturated rings. The zero-order chi connectivity index (χ0) is 24.9. The van der Waals surface area contributed by atoms with Crippen LogP contribution in [-0.2, 0) is 4.79 Å². The molecule has 0 heterocycles. The Morgan fingerprint density at radius 2 is 1.53 bits per heavy atom. The molecule has 9 atom stereocenters. The molecule has 5 aliphatic carbocycles. The first-order valence-corrected chi connectivity index (χ1v) is 14.0. The topological polar surface area (TPSA) is 77.8 Å². The van der Waals surface area contributed by atoms with Crippen LogP contribution in [0.15, 0.2) is 11.6 Å². The number of aliphatic carboxylic acids is 1. The summed E-state index contributed by atoms with van der Waals surface area (Å²) >= 11 is 0. The lowest BCUT2D eigenvalue weighted by molar-refractivity contribution is -0.244. The average Bonchev–Trinajstić information content (AvgIpc) is 2.77. The van der Waals surface area contributed by atoms with Crippen molar-refractivity contribution in [3.05, 3.63) is 11.6 Å². The van der Waals surface area contributed by atoms with Gasteiger partial charge in [-0.2, -0.15) is 0 Å².